The maximum atomic E-state index is 9.65. The third kappa shape index (κ3) is 1.41. The predicted molar refractivity (Wildman–Crippen MR) is 54.4 cm³/mol. The fraction of sp³-hybridized carbons (Fsp3) is 0.333. The monoisotopic (exact) mass is 244 g/mol. The Morgan fingerprint density at radius 2 is 2.33 bits per heavy atom. The lowest BCUT2D eigenvalue weighted by atomic mass is 10.1. The van der Waals surface area contributed by atoms with Crippen LogP contribution in [0, 0.1) is 0 Å². The smallest absolute Gasteiger partial charge is 0.0809 e. The number of hydrogen-bond donors (Lipinski definition) is 1. The van der Waals surface area contributed by atoms with Crippen molar-refractivity contribution in [3.8, 4) is 0 Å². The molecule has 3 heteroatoms. The lowest BCUT2D eigenvalue weighted by molar-refractivity contribution is 0.170. The summed E-state index contributed by atoms with van der Waals surface area (Å²) in [6.45, 7) is 0. The summed E-state index contributed by atoms with van der Waals surface area (Å²) in [5.74, 6) is 1.01. The fourth-order valence-corrected chi connectivity index (χ4v) is 3.22. The molecule has 1 N–H and O–H groups in total. The Bertz CT molecular complexity index is 301. The van der Waals surface area contributed by atoms with Crippen molar-refractivity contribution < 1.29 is 5.11 Å². The Balaban J connectivity index is 2.52. The summed E-state index contributed by atoms with van der Waals surface area (Å²) >= 11 is 5.29. The highest BCUT2D eigenvalue weighted by Crippen LogP contribution is 2.40. The first kappa shape index (κ1) is 8.60. The highest BCUT2D eigenvalue weighted by atomic mass is 79.9. The number of halogens is 1. The number of aliphatic hydroxyl groups is 1. The molecular weight excluding hydrogens is 236 g/mol. The zero-order valence-electron chi connectivity index (χ0n) is 6.46. The van der Waals surface area contributed by atoms with Crippen molar-refractivity contribution >= 4 is 27.7 Å². The van der Waals surface area contributed by atoms with Gasteiger partial charge in [-0.2, -0.15) is 0 Å². The van der Waals surface area contributed by atoms with Gasteiger partial charge in [-0.3, -0.25) is 0 Å². The molecule has 0 amide bonds. The number of aliphatic hydroxyl groups excluding tert-OH is 1. The third-order valence-corrected chi connectivity index (χ3v) is 4.10. The van der Waals surface area contributed by atoms with E-state index >= 15 is 0 Å². The van der Waals surface area contributed by atoms with Crippen molar-refractivity contribution in [2.24, 2.45) is 0 Å². The van der Waals surface area contributed by atoms with E-state index in [1.165, 1.54) is 4.90 Å². The van der Waals surface area contributed by atoms with E-state index in [-0.39, 0.29) is 6.10 Å². The van der Waals surface area contributed by atoms with Gasteiger partial charge in [0.2, 0.25) is 0 Å². The summed E-state index contributed by atoms with van der Waals surface area (Å²) in [5.41, 5.74) is 1.07. The third-order valence-electron chi connectivity index (χ3n) is 1.99. The van der Waals surface area contributed by atoms with Crippen molar-refractivity contribution in [2.45, 2.75) is 17.4 Å². The molecule has 0 saturated carbocycles. The van der Waals surface area contributed by atoms with Crippen LogP contribution >= 0.6 is 27.7 Å². The van der Waals surface area contributed by atoms with E-state index in [9.17, 15) is 5.11 Å². The van der Waals surface area contributed by atoms with Crippen molar-refractivity contribution in [3.63, 3.8) is 0 Å². The van der Waals surface area contributed by atoms with Crippen LogP contribution in [0.3, 0.4) is 0 Å². The molecule has 1 aliphatic heterocycles. The molecule has 0 bridgehead atoms. The summed E-state index contributed by atoms with van der Waals surface area (Å²) in [5, 5.41) is 9.65. The highest BCUT2D eigenvalue weighted by Gasteiger charge is 2.19. The van der Waals surface area contributed by atoms with Gasteiger partial charge >= 0.3 is 0 Å². The van der Waals surface area contributed by atoms with Crippen LogP contribution in [0.15, 0.2) is 27.6 Å². The molecule has 1 nitrogen and oxygen atoms in total. The molecule has 1 aromatic carbocycles. The summed E-state index contributed by atoms with van der Waals surface area (Å²) in [6.07, 6.45) is 0.604. The minimum Gasteiger partial charge on any atom is -0.388 e. The standard InChI is InChI=1S/C9H9BrOS/c10-7-3-1-2-6-8(11)4-5-12-9(6)7/h1-3,8,11H,4-5H2. The normalized spacial score (nSPS) is 22.0. The SMILES string of the molecule is OC1CCSc2c(Br)cccc21. The summed E-state index contributed by atoms with van der Waals surface area (Å²) in [4.78, 5) is 1.20. The van der Waals surface area contributed by atoms with E-state index in [0.29, 0.717) is 0 Å². The first-order valence-electron chi connectivity index (χ1n) is 3.88. The second kappa shape index (κ2) is 3.40. The minimum atomic E-state index is -0.265. The van der Waals surface area contributed by atoms with Crippen LogP contribution in [0.2, 0.25) is 0 Å². The Labute approximate surface area is 84.3 Å². The van der Waals surface area contributed by atoms with Crippen molar-refractivity contribution in [1.82, 2.24) is 0 Å². The zero-order valence-corrected chi connectivity index (χ0v) is 8.86. The predicted octanol–water partition coefficient (Wildman–Crippen LogP) is 2.98. The van der Waals surface area contributed by atoms with Crippen LogP contribution < -0.4 is 0 Å². The van der Waals surface area contributed by atoms with Gasteiger partial charge in [0, 0.05) is 15.1 Å². The molecule has 1 heterocycles. The zero-order chi connectivity index (χ0) is 8.55. The van der Waals surface area contributed by atoms with Crippen LogP contribution in [0.1, 0.15) is 18.1 Å². The summed E-state index contributed by atoms with van der Waals surface area (Å²) < 4.78 is 1.10. The average Bonchev–Trinajstić information content (AvgIpc) is 2.07. The van der Waals surface area contributed by atoms with Gasteiger partial charge in [0.05, 0.1) is 6.10 Å². The van der Waals surface area contributed by atoms with E-state index in [4.69, 9.17) is 0 Å². The maximum Gasteiger partial charge on any atom is 0.0809 e. The largest absolute Gasteiger partial charge is 0.388 e. The van der Waals surface area contributed by atoms with Gasteiger partial charge < -0.3 is 5.11 Å². The molecule has 1 aromatic rings. The van der Waals surface area contributed by atoms with Gasteiger partial charge in [-0.1, -0.05) is 12.1 Å². The van der Waals surface area contributed by atoms with E-state index < -0.39 is 0 Å². The van der Waals surface area contributed by atoms with Crippen molar-refractivity contribution in [3.05, 3.63) is 28.2 Å². The molecule has 2 rings (SSSR count). The number of thioether (sulfide) groups is 1. The second-order valence-corrected chi connectivity index (χ2v) is 4.77. The van der Waals surface area contributed by atoms with E-state index in [1.54, 1.807) is 0 Å². The molecule has 1 aliphatic rings. The molecular formula is C9H9BrOS. The quantitative estimate of drug-likeness (QED) is 0.758. The van der Waals surface area contributed by atoms with E-state index in [0.717, 1.165) is 22.2 Å². The number of benzene rings is 1. The second-order valence-electron chi connectivity index (χ2n) is 2.81. The first-order valence-corrected chi connectivity index (χ1v) is 5.66. The Kier molecular flexibility index (Phi) is 2.44. The summed E-state index contributed by atoms with van der Waals surface area (Å²) in [7, 11) is 0. The highest BCUT2D eigenvalue weighted by molar-refractivity contribution is 9.10. The number of hydrogen-bond acceptors (Lipinski definition) is 2. The van der Waals surface area contributed by atoms with E-state index in [1.807, 2.05) is 30.0 Å². The molecule has 0 spiro atoms. The molecule has 64 valence electrons. The Morgan fingerprint density at radius 1 is 1.50 bits per heavy atom. The maximum absolute atomic E-state index is 9.65. The lowest BCUT2D eigenvalue weighted by Gasteiger charge is -2.21. The van der Waals surface area contributed by atoms with Crippen LogP contribution in [-0.4, -0.2) is 10.9 Å². The van der Waals surface area contributed by atoms with Gasteiger partial charge in [-0.15, -0.1) is 11.8 Å². The molecule has 1 atom stereocenters. The lowest BCUT2D eigenvalue weighted by Crippen LogP contribution is -2.06. The molecule has 0 radical (unpaired) electrons. The van der Waals surface area contributed by atoms with Gasteiger partial charge in [-0.25, -0.2) is 0 Å². The van der Waals surface area contributed by atoms with Crippen LogP contribution in [0.5, 0.6) is 0 Å². The van der Waals surface area contributed by atoms with Gasteiger partial charge in [0.1, 0.15) is 0 Å². The molecule has 0 saturated heterocycles. The topological polar surface area (TPSA) is 20.2 Å². The van der Waals surface area contributed by atoms with Crippen molar-refractivity contribution in [2.75, 3.05) is 5.75 Å². The van der Waals surface area contributed by atoms with Crippen LogP contribution in [0.25, 0.3) is 0 Å². The van der Waals surface area contributed by atoms with Gasteiger partial charge in [0.25, 0.3) is 0 Å². The van der Waals surface area contributed by atoms with Crippen molar-refractivity contribution in [1.29, 1.82) is 0 Å². The average molecular weight is 245 g/mol. The first-order chi connectivity index (χ1) is 5.79. The van der Waals surface area contributed by atoms with E-state index in [2.05, 4.69) is 15.9 Å². The fourth-order valence-electron chi connectivity index (χ4n) is 1.37. The molecule has 1 unspecified atom stereocenters. The Hall–Kier alpha value is 0.0100. The van der Waals surface area contributed by atoms with Gasteiger partial charge in [0.15, 0.2) is 0 Å². The molecule has 0 aliphatic carbocycles. The number of rotatable bonds is 0. The summed E-state index contributed by atoms with van der Waals surface area (Å²) in [6, 6.07) is 5.98. The van der Waals surface area contributed by atoms with Crippen LogP contribution in [-0.2, 0) is 0 Å². The molecule has 0 fully saturated rings. The number of fused-ring (bicyclic) bond motifs is 1. The molecule has 12 heavy (non-hydrogen) atoms. The molecule has 0 aromatic heterocycles. The van der Waals surface area contributed by atoms with Crippen LogP contribution in [0.4, 0.5) is 0 Å². The Morgan fingerprint density at radius 3 is 3.08 bits per heavy atom. The minimum absolute atomic E-state index is 0.265. The van der Waals surface area contributed by atoms with Gasteiger partial charge in [-0.05, 0) is 34.0 Å².